The number of halogens is 1. The maximum Gasteiger partial charge on any atom is 0.294 e. The van der Waals surface area contributed by atoms with E-state index < -0.39 is 0 Å². The van der Waals surface area contributed by atoms with Gasteiger partial charge in [0.2, 0.25) is 0 Å². The fourth-order valence-electron chi connectivity index (χ4n) is 2.33. The van der Waals surface area contributed by atoms with Crippen LogP contribution in [-0.2, 0) is 11.4 Å². The van der Waals surface area contributed by atoms with E-state index in [9.17, 15) is 14.0 Å². The van der Waals surface area contributed by atoms with E-state index in [0.29, 0.717) is 10.7 Å². The normalized spacial score (nSPS) is 15.4. The van der Waals surface area contributed by atoms with Crippen molar-refractivity contribution in [2.75, 3.05) is 6.54 Å². The number of rotatable bonds is 5. The monoisotopic (exact) mass is 367 g/mol. The van der Waals surface area contributed by atoms with Crippen LogP contribution >= 0.6 is 11.8 Å². The first-order chi connectivity index (χ1) is 12.6. The van der Waals surface area contributed by atoms with Gasteiger partial charge in [-0.2, -0.15) is 0 Å². The molecule has 0 atom stereocenters. The molecule has 0 bridgehead atoms. The second-order valence-corrected chi connectivity index (χ2v) is 6.45. The molecule has 130 valence electrons. The van der Waals surface area contributed by atoms with Gasteiger partial charge in [-0.05, 0) is 53.2 Å². The van der Waals surface area contributed by atoms with Crippen LogP contribution in [0.15, 0.2) is 53.4 Å². The molecule has 26 heavy (non-hydrogen) atoms. The molecule has 0 saturated carbocycles. The highest BCUT2D eigenvalue weighted by atomic mass is 32.2. The lowest BCUT2D eigenvalue weighted by Crippen LogP contribution is -2.28. The van der Waals surface area contributed by atoms with Crippen molar-refractivity contribution in [2.24, 2.45) is 0 Å². The molecule has 1 heterocycles. The van der Waals surface area contributed by atoms with Crippen molar-refractivity contribution in [3.63, 3.8) is 0 Å². The summed E-state index contributed by atoms with van der Waals surface area (Å²) in [6, 6.07) is 13.2. The molecular formula is C20H14FNO3S. The highest BCUT2D eigenvalue weighted by Gasteiger charge is 2.34. The maximum absolute atomic E-state index is 13.1. The van der Waals surface area contributed by atoms with Crippen molar-refractivity contribution in [3.05, 3.63) is 70.4 Å². The number of imide groups is 1. The lowest BCUT2D eigenvalue weighted by atomic mass is 10.2. The summed E-state index contributed by atoms with van der Waals surface area (Å²) in [6.45, 7) is 0.219. The number of hydrogen-bond acceptors (Lipinski definition) is 4. The third-order valence-corrected chi connectivity index (χ3v) is 4.50. The van der Waals surface area contributed by atoms with Crippen LogP contribution in [0.2, 0.25) is 0 Å². The van der Waals surface area contributed by atoms with E-state index in [1.54, 1.807) is 42.5 Å². The zero-order valence-electron chi connectivity index (χ0n) is 13.6. The number of carbonyl (C=O) groups is 2. The number of carbonyl (C=O) groups excluding carboxylic acids is 2. The standard InChI is InChI=1S/C20H14FNO3S/c1-2-10-22-19(23)18(26-20(22)24)12-14-6-8-17(9-7-14)25-13-15-4-3-5-16(21)11-15/h1,3-9,11-12H,10,13H2/b18-12+. The molecule has 1 aliphatic rings. The van der Waals surface area contributed by atoms with Gasteiger partial charge in [-0.3, -0.25) is 14.5 Å². The van der Waals surface area contributed by atoms with Gasteiger partial charge in [-0.15, -0.1) is 6.42 Å². The minimum absolute atomic E-state index is 0.0329. The van der Waals surface area contributed by atoms with Crippen LogP contribution in [-0.4, -0.2) is 22.6 Å². The summed E-state index contributed by atoms with van der Waals surface area (Å²) in [5, 5.41) is -0.366. The highest BCUT2D eigenvalue weighted by Crippen LogP contribution is 2.32. The van der Waals surface area contributed by atoms with E-state index >= 15 is 0 Å². The molecule has 2 amide bonds. The van der Waals surface area contributed by atoms with Gasteiger partial charge in [-0.1, -0.05) is 30.2 Å². The van der Waals surface area contributed by atoms with E-state index in [1.165, 1.54) is 12.1 Å². The van der Waals surface area contributed by atoms with Crippen LogP contribution < -0.4 is 4.74 Å². The number of amides is 2. The summed E-state index contributed by atoms with van der Waals surface area (Å²) in [6.07, 6.45) is 6.80. The number of thioether (sulfide) groups is 1. The second kappa shape index (κ2) is 7.89. The summed E-state index contributed by atoms with van der Waals surface area (Å²) in [4.78, 5) is 25.3. The van der Waals surface area contributed by atoms with E-state index in [4.69, 9.17) is 11.2 Å². The predicted octanol–water partition coefficient (Wildman–Crippen LogP) is 4.07. The van der Waals surface area contributed by atoms with Gasteiger partial charge in [0, 0.05) is 0 Å². The molecule has 1 fully saturated rings. The first kappa shape index (κ1) is 17.8. The largest absolute Gasteiger partial charge is 0.489 e. The second-order valence-electron chi connectivity index (χ2n) is 5.46. The van der Waals surface area contributed by atoms with Gasteiger partial charge >= 0.3 is 0 Å². The maximum atomic E-state index is 13.1. The Balaban J connectivity index is 1.65. The molecule has 0 unspecified atom stereocenters. The van der Waals surface area contributed by atoms with Crippen molar-refractivity contribution in [2.45, 2.75) is 6.61 Å². The van der Waals surface area contributed by atoms with Crippen molar-refractivity contribution < 1.29 is 18.7 Å². The van der Waals surface area contributed by atoms with Crippen LogP contribution in [0.3, 0.4) is 0 Å². The molecule has 1 aliphatic heterocycles. The van der Waals surface area contributed by atoms with E-state index in [-0.39, 0.29) is 30.1 Å². The molecule has 2 aromatic rings. The van der Waals surface area contributed by atoms with Crippen LogP contribution in [0, 0.1) is 18.2 Å². The fraction of sp³-hybridized carbons (Fsp3) is 0.100. The van der Waals surface area contributed by atoms with Crippen molar-refractivity contribution in [3.8, 4) is 18.1 Å². The third kappa shape index (κ3) is 4.13. The Kier molecular flexibility index (Phi) is 5.40. The summed E-state index contributed by atoms with van der Waals surface area (Å²) >= 11 is 0.866. The van der Waals surface area contributed by atoms with Gasteiger partial charge in [-0.25, -0.2) is 4.39 Å². The first-order valence-electron chi connectivity index (χ1n) is 7.73. The number of hydrogen-bond donors (Lipinski definition) is 0. The Morgan fingerprint density at radius 3 is 2.65 bits per heavy atom. The summed E-state index contributed by atoms with van der Waals surface area (Å²) in [7, 11) is 0. The average Bonchev–Trinajstić information content (AvgIpc) is 2.89. The molecule has 0 N–H and O–H groups in total. The summed E-state index contributed by atoms with van der Waals surface area (Å²) in [5.41, 5.74) is 1.49. The molecule has 0 spiro atoms. The molecule has 3 rings (SSSR count). The summed E-state index contributed by atoms with van der Waals surface area (Å²) in [5.74, 6) is 2.22. The molecule has 4 nitrogen and oxygen atoms in total. The molecule has 0 radical (unpaired) electrons. The smallest absolute Gasteiger partial charge is 0.294 e. The Morgan fingerprint density at radius 1 is 1.19 bits per heavy atom. The Morgan fingerprint density at radius 2 is 1.96 bits per heavy atom. The fourth-order valence-corrected chi connectivity index (χ4v) is 3.17. The van der Waals surface area contributed by atoms with Gasteiger partial charge in [0.25, 0.3) is 11.1 Å². The quantitative estimate of drug-likeness (QED) is 0.590. The van der Waals surface area contributed by atoms with E-state index in [2.05, 4.69) is 5.92 Å². The highest BCUT2D eigenvalue weighted by molar-refractivity contribution is 8.18. The average molecular weight is 367 g/mol. The summed E-state index contributed by atoms with van der Waals surface area (Å²) < 4.78 is 18.8. The zero-order valence-corrected chi connectivity index (χ0v) is 14.5. The van der Waals surface area contributed by atoms with E-state index in [1.807, 2.05) is 0 Å². The number of ether oxygens (including phenoxy) is 1. The van der Waals surface area contributed by atoms with Gasteiger partial charge in [0.15, 0.2) is 0 Å². The Labute approximate surface area is 154 Å². The van der Waals surface area contributed by atoms with Crippen LogP contribution in [0.1, 0.15) is 11.1 Å². The first-order valence-corrected chi connectivity index (χ1v) is 8.54. The predicted molar refractivity (Wildman–Crippen MR) is 98.7 cm³/mol. The topological polar surface area (TPSA) is 46.6 Å². The third-order valence-electron chi connectivity index (χ3n) is 3.60. The lowest BCUT2D eigenvalue weighted by molar-refractivity contribution is -0.122. The number of terminal acetylenes is 1. The Bertz CT molecular complexity index is 915. The van der Waals surface area contributed by atoms with Gasteiger partial charge < -0.3 is 4.74 Å². The molecule has 1 saturated heterocycles. The lowest BCUT2D eigenvalue weighted by Gasteiger charge is -2.07. The minimum atomic E-state index is -0.385. The van der Waals surface area contributed by atoms with Crippen molar-refractivity contribution in [1.82, 2.24) is 4.90 Å². The number of nitrogens with zero attached hydrogens (tertiary/aromatic N) is 1. The van der Waals surface area contributed by atoms with Gasteiger partial charge in [0.05, 0.1) is 11.4 Å². The van der Waals surface area contributed by atoms with Crippen LogP contribution in [0.5, 0.6) is 5.75 Å². The van der Waals surface area contributed by atoms with Crippen LogP contribution in [0.25, 0.3) is 6.08 Å². The number of benzene rings is 2. The zero-order chi connectivity index (χ0) is 18.5. The SMILES string of the molecule is C#CCN1C(=O)S/C(=C/c2ccc(OCc3cccc(F)c3)cc2)C1=O. The van der Waals surface area contributed by atoms with E-state index in [0.717, 1.165) is 27.8 Å². The van der Waals surface area contributed by atoms with Crippen molar-refractivity contribution >= 4 is 29.0 Å². The molecule has 0 aromatic heterocycles. The van der Waals surface area contributed by atoms with Gasteiger partial charge in [0.1, 0.15) is 18.2 Å². The minimum Gasteiger partial charge on any atom is -0.489 e. The Hall–Kier alpha value is -3.04. The van der Waals surface area contributed by atoms with Crippen LogP contribution in [0.4, 0.5) is 9.18 Å². The molecule has 0 aliphatic carbocycles. The van der Waals surface area contributed by atoms with Crippen molar-refractivity contribution in [1.29, 1.82) is 0 Å². The molecular weight excluding hydrogens is 353 g/mol. The molecule has 6 heteroatoms. The molecule has 2 aromatic carbocycles.